The second-order valence-electron chi connectivity index (χ2n) is 7.44. The Morgan fingerprint density at radius 2 is 1.65 bits per heavy atom. The number of aromatic hydroxyl groups is 1. The van der Waals surface area contributed by atoms with Gasteiger partial charge in [0.15, 0.2) is 11.5 Å². The molecule has 0 radical (unpaired) electrons. The Morgan fingerprint density at radius 1 is 0.971 bits per heavy atom. The first-order chi connectivity index (χ1) is 16.5. The number of hydrazone groups is 1. The van der Waals surface area contributed by atoms with Gasteiger partial charge in [0, 0.05) is 10.0 Å². The Morgan fingerprint density at radius 3 is 2.38 bits per heavy atom. The zero-order valence-corrected chi connectivity index (χ0v) is 20.1. The number of ether oxygens (including phenoxy) is 2. The van der Waals surface area contributed by atoms with Crippen molar-refractivity contribution in [2.45, 2.75) is 13.5 Å². The molecule has 1 amide bonds. The summed E-state index contributed by atoms with van der Waals surface area (Å²) in [5.74, 6) is 0.552. The summed E-state index contributed by atoms with van der Waals surface area (Å²) >= 11 is 3.53. The van der Waals surface area contributed by atoms with E-state index in [0.29, 0.717) is 30.3 Å². The molecule has 4 aromatic rings. The Kier molecular flexibility index (Phi) is 7.44. The highest BCUT2D eigenvalue weighted by Crippen LogP contribution is 2.34. The number of phenolic OH excluding ortho intramolecular Hbond substituents is 1. The lowest BCUT2D eigenvalue weighted by molar-refractivity contribution is 0.0952. The number of hydrogen-bond acceptors (Lipinski definition) is 5. The summed E-state index contributed by atoms with van der Waals surface area (Å²) in [6.07, 6.45) is 1.50. The third kappa shape index (κ3) is 5.55. The number of carbonyl (C=O) groups excluding carboxylic acids is 1. The molecular formula is C27H23BrN2O4. The molecule has 34 heavy (non-hydrogen) atoms. The van der Waals surface area contributed by atoms with Crippen molar-refractivity contribution in [2.24, 2.45) is 5.10 Å². The van der Waals surface area contributed by atoms with E-state index in [-0.39, 0.29) is 11.3 Å². The highest BCUT2D eigenvalue weighted by atomic mass is 79.9. The second kappa shape index (κ2) is 10.9. The number of benzene rings is 4. The summed E-state index contributed by atoms with van der Waals surface area (Å²) in [5, 5.41) is 16.0. The fraction of sp³-hybridized carbons (Fsp3) is 0.111. The van der Waals surface area contributed by atoms with Crippen molar-refractivity contribution < 1.29 is 19.4 Å². The van der Waals surface area contributed by atoms with Crippen LogP contribution in [0.25, 0.3) is 10.8 Å². The lowest BCUT2D eigenvalue weighted by Crippen LogP contribution is -2.17. The highest BCUT2D eigenvalue weighted by molar-refractivity contribution is 9.10. The van der Waals surface area contributed by atoms with E-state index in [0.717, 1.165) is 20.8 Å². The van der Waals surface area contributed by atoms with E-state index in [4.69, 9.17) is 9.47 Å². The van der Waals surface area contributed by atoms with Crippen LogP contribution >= 0.6 is 15.9 Å². The summed E-state index contributed by atoms with van der Waals surface area (Å²) in [5.41, 5.74) is 4.36. The quantitative estimate of drug-likeness (QED) is 0.220. The van der Waals surface area contributed by atoms with Crippen molar-refractivity contribution in [1.29, 1.82) is 0 Å². The number of halogens is 1. The van der Waals surface area contributed by atoms with E-state index in [9.17, 15) is 9.90 Å². The van der Waals surface area contributed by atoms with Gasteiger partial charge in [0.2, 0.25) is 0 Å². The number of hydrogen-bond donors (Lipinski definition) is 2. The molecule has 0 atom stereocenters. The third-order valence-corrected chi connectivity index (χ3v) is 5.77. The molecule has 4 aromatic carbocycles. The van der Waals surface area contributed by atoms with Crippen LogP contribution in [0.5, 0.6) is 17.2 Å². The van der Waals surface area contributed by atoms with Crippen LogP contribution in [0.15, 0.2) is 88.4 Å². The Balaban J connectivity index is 1.49. The van der Waals surface area contributed by atoms with Crippen molar-refractivity contribution in [3.05, 3.63) is 100 Å². The third-order valence-electron chi connectivity index (χ3n) is 5.08. The van der Waals surface area contributed by atoms with Crippen LogP contribution < -0.4 is 14.9 Å². The van der Waals surface area contributed by atoms with Crippen LogP contribution in [0.3, 0.4) is 0 Å². The van der Waals surface area contributed by atoms with E-state index in [2.05, 4.69) is 26.5 Å². The lowest BCUT2D eigenvalue weighted by atomic mass is 10.1. The topological polar surface area (TPSA) is 80.2 Å². The van der Waals surface area contributed by atoms with Gasteiger partial charge in [-0.1, -0.05) is 54.6 Å². The van der Waals surface area contributed by atoms with Crippen LogP contribution in [0.4, 0.5) is 0 Å². The molecule has 7 heteroatoms. The Hall–Kier alpha value is -3.84. The molecule has 172 valence electrons. The number of rotatable bonds is 8. The van der Waals surface area contributed by atoms with Crippen LogP contribution in [0.1, 0.15) is 28.4 Å². The fourth-order valence-electron chi connectivity index (χ4n) is 3.40. The van der Waals surface area contributed by atoms with Gasteiger partial charge in [-0.3, -0.25) is 4.79 Å². The van der Waals surface area contributed by atoms with Gasteiger partial charge in [-0.05, 0) is 63.5 Å². The Bertz CT molecular complexity index is 1340. The molecule has 0 heterocycles. The zero-order chi connectivity index (χ0) is 23.9. The minimum atomic E-state index is -0.511. The van der Waals surface area contributed by atoms with Gasteiger partial charge in [-0.25, -0.2) is 5.43 Å². The predicted molar refractivity (Wildman–Crippen MR) is 137 cm³/mol. The first-order valence-corrected chi connectivity index (χ1v) is 11.5. The zero-order valence-electron chi connectivity index (χ0n) is 18.5. The van der Waals surface area contributed by atoms with Crippen LogP contribution in [-0.2, 0) is 6.61 Å². The van der Waals surface area contributed by atoms with Gasteiger partial charge >= 0.3 is 0 Å². The molecule has 0 aliphatic heterocycles. The number of phenols is 1. The van der Waals surface area contributed by atoms with Crippen LogP contribution in [0, 0.1) is 0 Å². The monoisotopic (exact) mass is 518 g/mol. The maximum Gasteiger partial charge on any atom is 0.275 e. The van der Waals surface area contributed by atoms with E-state index in [1.54, 1.807) is 18.2 Å². The normalized spacial score (nSPS) is 11.0. The fourth-order valence-corrected chi connectivity index (χ4v) is 3.82. The standard InChI is InChI=1S/C27H23BrN2O4/c1-2-33-25-14-21(23(28)15-26(25)34-17-18-8-4-3-5-9-18)16-29-30-27(32)22-12-19-10-6-7-11-20(19)13-24(22)31/h3-16,31H,2,17H2,1H3,(H,30,32). The molecule has 4 rings (SSSR count). The van der Waals surface area contributed by atoms with E-state index in [1.165, 1.54) is 6.21 Å². The van der Waals surface area contributed by atoms with Gasteiger partial charge < -0.3 is 14.6 Å². The molecule has 0 aliphatic rings. The summed E-state index contributed by atoms with van der Waals surface area (Å²) in [7, 11) is 0. The van der Waals surface area contributed by atoms with Crippen molar-refractivity contribution in [1.82, 2.24) is 5.43 Å². The summed E-state index contributed by atoms with van der Waals surface area (Å²) in [6.45, 7) is 2.77. The SMILES string of the molecule is CCOc1cc(C=NNC(=O)c2cc3ccccc3cc2O)c(Br)cc1OCc1ccccc1. The molecule has 0 aromatic heterocycles. The second-order valence-corrected chi connectivity index (χ2v) is 8.30. The first-order valence-electron chi connectivity index (χ1n) is 10.7. The number of nitrogens with zero attached hydrogens (tertiary/aromatic N) is 1. The molecule has 0 saturated carbocycles. The predicted octanol–water partition coefficient (Wildman–Crippen LogP) is 6.05. The molecular weight excluding hydrogens is 496 g/mol. The van der Waals surface area contributed by atoms with E-state index < -0.39 is 5.91 Å². The van der Waals surface area contributed by atoms with Gasteiger partial charge in [-0.15, -0.1) is 0 Å². The molecule has 0 spiro atoms. The average Bonchev–Trinajstić information content (AvgIpc) is 2.85. The molecule has 0 bridgehead atoms. The first kappa shape index (κ1) is 23.3. The van der Waals surface area contributed by atoms with Gasteiger partial charge in [0.1, 0.15) is 12.4 Å². The minimum absolute atomic E-state index is 0.105. The van der Waals surface area contributed by atoms with Gasteiger partial charge in [0.25, 0.3) is 5.91 Å². The van der Waals surface area contributed by atoms with Crippen molar-refractivity contribution in [3.8, 4) is 17.2 Å². The summed E-state index contributed by atoms with van der Waals surface area (Å²) < 4.78 is 12.4. The van der Waals surface area contributed by atoms with Crippen molar-refractivity contribution in [2.75, 3.05) is 6.61 Å². The maximum atomic E-state index is 12.6. The molecule has 6 nitrogen and oxygen atoms in total. The lowest BCUT2D eigenvalue weighted by Gasteiger charge is -2.14. The summed E-state index contributed by atoms with van der Waals surface area (Å²) in [4.78, 5) is 12.6. The molecule has 0 fully saturated rings. The van der Waals surface area contributed by atoms with Gasteiger partial charge in [-0.2, -0.15) is 5.10 Å². The number of amides is 1. The van der Waals surface area contributed by atoms with Crippen LogP contribution in [0.2, 0.25) is 0 Å². The van der Waals surface area contributed by atoms with E-state index >= 15 is 0 Å². The smallest absolute Gasteiger partial charge is 0.275 e. The average molecular weight is 519 g/mol. The number of nitrogens with one attached hydrogen (secondary N) is 1. The highest BCUT2D eigenvalue weighted by Gasteiger charge is 2.13. The summed E-state index contributed by atoms with van der Waals surface area (Å²) in [6, 6.07) is 24.2. The molecule has 0 aliphatic carbocycles. The molecule has 0 saturated heterocycles. The van der Waals surface area contributed by atoms with Crippen molar-refractivity contribution in [3.63, 3.8) is 0 Å². The van der Waals surface area contributed by atoms with Crippen LogP contribution in [-0.4, -0.2) is 23.8 Å². The minimum Gasteiger partial charge on any atom is -0.507 e. The van der Waals surface area contributed by atoms with Gasteiger partial charge in [0.05, 0.1) is 18.4 Å². The molecule has 2 N–H and O–H groups in total. The van der Waals surface area contributed by atoms with E-state index in [1.807, 2.05) is 67.6 Å². The number of carbonyl (C=O) groups is 1. The maximum absolute atomic E-state index is 12.6. The Labute approximate surface area is 206 Å². The largest absolute Gasteiger partial charge is 0.507 e. The van der Waals surface area contributed by atoms with Crippen molar-refractivity contribution >= 4 is 38.8 Å². The number of fused-ring (bicyclic) bond motifs is 1. The molecule has 0 unspecified atom stereocenters.